The smallest absolute Gasteiger partial charge is 0.262 e. The molecule has 1 aliphatic rings. The molecule has 34 heavy (non-hydrogen) atoms. The molecule has 0 spiro atoms. The van der Waals surface area contributed by atoms with E-state index in [4.69, 9.17) is 4.74 Å². The Morgan fingerprint density at radius 1 is 1.21 bits per heavy atom. The van der Waals surface area contributed by atoms with Crippen molar-refractivity contribution in [1.29, 1.82) is 0 Å². The second-order valence-electron chi connectivity index (χ2n) is 8.53. The van der Waals surface area contributed by atoms with E-state index in [1.165, 1.54) is 10.5 Å². The van der Waals surface area contributed by atoms with Gasteiger partial charge in [-0.15, -0.1) is 0 Å². The number of piperidine rings is 1. The first kappa shape index (κ1) is 24.4. The van der Waals surface area contributed by atoms with Crippen LogP contribution in [-0.2, 0) is 33.1 Å². The Balaban J connectivity index is 1.42. The normalized spacial score (nSPS) is 15.7. The number of hydrogen-bond acceptors (Lipinski definition) is 6. The molecule has 4 rings (SSSR count). The van der Waals surface area contributed by atoms with Gasteiger partial charge in [0.1, 0.15) is 5.82 Å². The number of fused-ring (bicyclic) bond motifs is 1. The van der Waals surface area contributed by atoms with E-state index in [9.17, 15) is 13.2 Å². The summed E-state index contributed by atoms with van der Waals surface area (Å²) in [6.45, 7) is 6.27. The zero-order valence-electron chi connectivity index (χ0n) is 19.9. The molecule has 1 aromatic carbocycles. The highest BCUT2D eigenvalue weighted by Crippen LogP contribution is 2.26. The first-order chi connectivity index (χ1) is 16.3. The van der Waals surface area contributed by atoms with Gasteiger partial charge in [-0.1, -0.05) is 12.1 Å². The van der Waals surface area contributed by atoms with Crippen LogP contribution in [0.25, 0.3) is 11.0 Å². The Hall–Kier alpha value is -2.76. The van der Waals surface area contributed by atoms with Crippen LogP contribution in [0.3, 0.4) is 0 Å². The zero-order valence-corrected chi connectivity index (χ0v) is 20.7. The van der Waals surface area contributed by atoms with Crippen LogP contribution in [0.5, 0.6) is 0 Å². The standard InChI is InChI=1S/C23H32N6O4S/c1-4-33-15-7-12-29-20-9-6-5-8-19(20)25-23(29)26-22(30)18-10-13-28(14-11-18)34(31,32)21-16-27(3)17(2)24-21/h5-6,8-9,16,18H,4,7,10-15H2,1-3H3,(H,25,26,30). The second-order valence-corrected chi connectivity index (χ2v) is 10.4. The van der Waals surface area contributed by atoms with E-state index < -0.39 is 10.0 Å². The van der Waals surface area contributed by atoms with E-state index in [1.807, 2.05) is 35.8 Å². The Morgan fingerprint density at radius 3 is 2.62 bits per heavy atom. The van der Waals surface area contributed by atoms with Crippen LogP contribution < -0.4 is 5.32 Å². The number of carbonyl (C=O) groups excluding carboxylic acids is 1. The quantitative estimate of drug-likeness (QED) is 0.464. The molecule has 11 heteroatoms. The maximum absolute atomic E-state index is 13.1. The zero-order chi connectivity index (χ0) is 24.3. The van der Waals surface area contributed by atoms with Gasteiger partial charge in [-0.05, 0) is 45.2 Å². The number of nitrogens with one attached hydrogen (secondary N) is 1. The number of ether oxygens (including phenoxy) is 1. The molecule has 3 aromatic rings. The van der Waals surface area contributed by atoms with Gasteiger partial charge >= 0.3 is 0 Å². The summed E-state index contributed by atoms with van der Waals surface area (Å²) in [6.07, 6.45) is 3.22. The number of benzene rings is 1. The SMILES string of the molecule is CCOCCCn1c(NC(=O)C2CCN(S(=O)(=O)c3cn(C)c(C)n3)CC2)nc2ccccc21. The van der Waals surface area contributed by atoms with Crippen molar-refractivity contribution in [3.8, 4) is 0 Å². The lowest BCUT2D eigenvalue weighted by Gasteiger charge is -2.29. The largest absolute Gasteiger partial charge is 0.382 e. The van der Waals surface area contributed by atoms with Crippen molar-refractivity contribution in [1.82, 2.24) is 23.4 Å². The highest BCUT2D eigenvalue weighted by molar-refractivity contribution is 7.89. The van der Waals surface area contributed by atoms with Gasteiger partial charge in [0.25, 0.3) is 10.0 Å². The predicted molar refractivity (Wildman–Crippen MR) is 129 cm³/mol. The number of sulfonamides is 1. The molecule has 0 atom stereocenters. The molecule has 1 fully saturated rings. The summed E-state index contributed by atoms with van der Waals surface area (Å²) in [4.78, 5) is 21.9. The number of anilines is 1. The third kappa shape index (κ3) is 5.01. The molecule has 10 nitrogen and oxygen atoms in total. The molecule has 0 radical (unpaired) electrons. The molecule has 0 saturated carbocycles. The molecule has 1 saturated heterocycles. The van der Waals surface area contributed by atoms with Crippen molar-refractivity contribution in [3.05, 3.63) is 36.3 Å². The van der Waals surface area contributed by atoms with Gasteiger partial charge in [0.15, 0.2) is 5.03 Å². The van der Waals surface area contributed by atoms with E-state index in [-0.39, 0.29) is 29.9 Å². The van der Waals surface area contributed by atoms with Crippen molar-refractivity contribution >= 4 is 32.9 Å². The van der Waals surface area contributed by atoms with Crippen molar-refractivity contribution in [2.24, 2.45) is 13.0 Å². The monoisotopic (exact) mass is 488 g/mol. The molecule has 0 bridgehead atoms. The Kier molecular flexibility index (Phi) is 7.34. The Morgan fingerprint density at radius 2 is 1.94 bits per heavy atom. The molecule has 184 valence electrons. The highest BCUT2D eigenvalue weighted by Gasteiger charge is 2.34. The lowest BCUT2D eigenvalue weighted by molar-refractivity contribution is -0.121. The number of imidazole rings is 2. The van der Waals surface area contributed by atoms with Crippen LogP contribution in [0.1, 0.15) is 32.0 Å². The topological polar surface area (TPSA) is 111 Å². The summed E-state index contributed by atoms with van der Waals surface area (Å²) >= 11 is 0. The van der Waals surface area contributed by atoms with Crippen LogP contribution in [-0.4, -0.2) is 64.0 Å². The summed E-state index contributed by atoms with van der Waals surface area (Å²) in [6, 6.07) is 7.78. The van der Waals surface area contributed by atoms with Gasteiger partial charge in [-0.2, -0.15) is 4.31 Å². The van der Waals surface area contributed by atoms with Crippen LogP contribution in [0, 0.1) is 12.8 Å². The number of aromatic nitrogens is 4. The Labute approximate surface area is 200 Å². The summed E-state index contributed by atoms with van der Waals surface area (Å²) in [5.74, 6) is 0.736. The van der Waals surface area contributed by atoms with Gasteiger partial charge < -0.3 is 13.9 Å². The Bertz CT molecular complexity index is 1240. The molecular weight excluding hydrogens is 456 g/mol. The molecular formula is C23H32N6O4S. The fourth-order valence-corrected chi connectivity index (χ4v) is 5.71. The predicted octanol–water partition coefficient (Wildman–Crippen LogP) is 2.54. The van der Waals surface area contributed by atoms with E-state index in [2.05, 4.69) is 15.3 Å². The van der Waals surface area contributed by atoms with Crippen LogP contribution in [0.2, 0.25) is 0 Å². The van der Waals surface area contributed by atoms with E-state index in [1.54, 1.807) is 18.5 Å². The van der Waals surface area contributed by atoms with Crippen molar-refractivity contribution in [3.63, 3.8) is 0 Å². The van der Waals surface area contributed by atoms with Gasteiger partial charge in [0, 0.05) is 52.0 Å². The lowest BCUT2D eigenvalue weighted by Crippen LogP contribution is -2.41. The minimum absolute atomic E-state index is 0.0520. The van der Waals surface area contributed by atoms with Crippen molar-refractivity contribution in [2.75, 3.05) is 31.6 Å². The fourth-order valence-electron chi connectivity index (χ4n) is 4.22. The summed E-state index contributed by atoms with van der Waals surface area (Å²) in [5, 5.41) is 3.05. The number of carbonyl (C=O) groups is 1. The first-order valence-corrected chi connectivity index (χ1v) is 13.1. The van der Waals surface area contributed by atoms with Gasteiger partial charge in [0.2, 0.25) is 11.9 Å². The number of aryl methyl sites for hydroxylation is 3. The lowest BCUT2D eigenvalue weighted by atomic mass is 9.97. The van der Waals surface area contributed by atoms with Crippen LogP contribution in [0.4, 0.5) is 5.95 Å². The number of para-hydroxylation sites is 2. The minimum atomic E-state index is -3.67. The minimum Gasteiger partial charge on any atom is -0.382 e. The van der Waals surface area contributed by atoms with E-state index in [0.29, 0.717) is 44.4 Å². The van der Waals surface area contributed by atoms with Gasteiger partial charge in [-0.3, -0.25) is 10.1 Å². The summed E-state index contributed by atoms with van der Waals surface area (Å²) in [7, 11) is -1.90. The molecule has 1 amide bonds. The maximum atomic E-state index is 13.1. The second kappa shape index (κ2) is 10.2. The summed E-state index contributed by atoms with van der Waals surface area (Å²) in [5.41, 5.74) is 1.78. The van der Waals surface area contributed by atoms with Crippen LogP contribution >= 0.6 is 0 Å². The van der Waals surface area contributed by atoms with Crippen molar-refractivity contribution < 1.29 is 17.9 Å². The molecule has 2 aromatic heterocycles. The average Bonchev–Trinajstić information content (AvgIpc) is 3.36. The summed E-state index contributed by atoms with van der Waals surface area (Å²) < 4.78 is 36.4. The third-order valence-electron chi connectivity index (χ3n) is 6.28. The molecule has 0 unspecified atom stereocenters. The third-order valence-corrected chi connectivity index (χ3v) is 8.05. The van der Waals surface area contributed by atoms with Gasteiger partial charge in [0.05, 0.1) is 11.0 Å². The van der Waals surface area contributed by atoms with Gasteiger partial charge in [-0.25, -0.2) is 18.4 Å². The number of hydrogen-bond donors (Lipinski definition) is 1. The molecule has 1 N–H and O–H groups in total. The number of nitrogens with zero attached hydrogens (tertiary/aromatic N) is 5. The average molecular weight is 489 g/mol. The maximum Gasteiger partial charge on any atom is 0.262 e. The van der Waals surface area contributed by atoms with E-state index >= 15 is 0 Å². The highest BCUT2D eigenvalue weighted by atomic mass is 32.2. The van der Waals surface area contributed by atoms with E-state index in [0.717, 1.165) is 17.5 Å². The fraction of sp³-hybridized carbons (Fsp3) is 0.522. The first-order valence-electron chi connectivity index (χ1n) is 11.6. The number of rotatable bonds is 9. The number of amides is 1. The molecule has 0 aliphatic carbocycles. The molecule has 3 heterocycles. The van der Waals surface area contributed by atoms with Crippen molar-refractivity contribution in [2.45, 2.75) is 44.7 Å². The molecule has 1 aliphatic heterocycles. The van der Waals surface area contributed by atoms with Crippen LogP contribution in [0.15, 0.2) is 35.5 Å².